The molecular formula is C10H21F3N2O3S. The molecule has 0 aliphatic rings. The normalized spacial score (nSPS) is 13.2. The molecule has 5 nitrogen and oxygen atoms in total. The van der Waals surface area contributed by atoms with Gasteiger partial charge < -0.3 is 10.1 Å². The topological polar surface area (TPSA) is 67.4 Å². The van der Waals surface area contributed by atoms with Crippen molar-refractivity contribution in [2.45, 2.75) is 32.5 Å². The second-order valence-corrected chi connectivity index (χ2v) is 6.27. The third-order valence-corrected chi connectivity index (χ3v) is 3.45. The van der Waals surface area contributed by atoms with Gasteiger partial charge in [-0.1, -0.05) is 13.8 Å². The lowest BCUT2D eigenvalue weighted by Gasteiger charge is -2.10. The van der Waals surface area contributed by atoms with Crippen molar-refractivity contribution in [2.24, 2.45) is 0 Å². The molecule has 19 heavy (non-hydrogen) atoms. The van der Waals surface area contributed by atoms with E-state index < -0.39 is 22.8 Å². The molecule has 0 unspecified atom stereocenters. The first-order valence-corrected chi connectivity index (χ1v) is 7.63. The molecule has 0 radical (unpaired) electrons. The van der Waals surface area contributed by atoms with Gasteiger partial charge in [0.2, 0.25) is 10.0 Å². The first-order valence-electron chi connectivity index (χ1n) is 5.97. The van der Waals surface area contributed by atoms with Crippen LogP contribution in [0.15, 0.2) is 0 Å². The lowest BCUT2D eigenvalue weighted by molar-refractivity contribution is -0.173. The first kappa shape index (κ1) is 18.6. The van der Waals surface area contributed by atoms with Crippen molar-refractivity contribution in [2.75, 3.05) is 32.1 Å². The Morgan fingerprint density at radius 2 is 1.84 bits per heavy atom. The fourth-order valence-electron chi connectivity index (χ4n) is 1.18. The van der Waals surface area contributed by atoms with Crippen LogP contribution < -0.4 is 10.0 Å². The Labute approximate surface area is 111 Å². The van der Waals surface area contributed by atoms with Gasteiger partial charge in [-0.3, -0.25) is 0 Å². The van der Waals surface area contributed by atoms with Crippen LogP contribution in [0, 0.1) is 0 Å². The van der Waals surface area contributed by atoms with E-state index in [0.717, 1.165) is 0 Å². The van der Waals surface area contributed by atoms with Gasteiger partial charge in [0.15, 0.2) is 0 Å². The van der Waals surface area contributed by atoms with Gasteiger partial charge in [-0.15, -0.1) is 0 Å². The van der Waals surface area contributed by atoms with Crippen LogP contribution in [-0.2, 0) is 14.8 Å². The molecule has 2 N–H and O–H groups in total. The summed E-state index contributed by atoms with van der Waals surface area (Å²) >= 11 is 0. The number of alkyl halides is 3. The highest BCUT2D eigenvalue weighted by Crippen LogP contribution is 2.13. The van der Waals surface area contributed by atoms with E-state index in [4.69, 9.17) is 0 Å². The van der Waals surface area contributed by atoms with Crippen LogP contribution in [0.5, 0.6) is 0 Å². The van der Waals surface area contributed by atoms with Gasteiger partial charge >= 0.3 is 6.18 Å². The van der Waals surface area contributed by atoms with E-state index in [9.17, 15) is 21.6 Å². The van der Waals surface area contributed by atoms with Gasteiger partial charge in [-0.25, -0.2) is 13.1 Å². The Hall–Kier alpha value is -0.380. The zero-order valence-corrected chi connectivity index (χ0v) is 11.9. The largest absolute Gasteiger partial charge is 0.411 e. The lowest BCUT2D eigenvalue weighted by Crippen LogP contribution is -2.32. The monoisotopic (exact) mass is 306 g/mol. The highest BCUT2D eigenvalue weighted by Gasteiger charge is 2.27. The minimum absolute atomic E-state index is 0.0635. The number of halogens is 3. The minimum Gasteiger partial charge on any atom is -0.371 e. The van der Waals surface area contributed by atoms with Gasteiger partial charge in [0.25, 0.3) is 0 Å². The number of hydrogen-bond acceptors (Lipinski definition) is 4. The lowest BCUT2D eigenvalue weighted by atomic mass is 10.4. The fraction of sp³-hybridized carbons (Fsp3) is 1.00. The van der Waals surface area contributed by atoms with Crippen molar-refractivity contribution in [1.29, 1.82) is 0 Å². The predicted molar refractivity (Wildman–Crippen MR) is 66.4 cm³/mol. The van der Waals surface area contributed by atoms with Gasteiger partial charge in [0.1, 0.15) is 6.61 Å². The summed E-state index contributed by atoms with van der Waals surface area (Å²) in [6, 6.07) is 0.284. The summed E-state index contributed by atoms with van der Waals surface area (Å²) in [4.78, 5) is 0. The molecule has 0 heterocycles. The van der Waals surface area contributed by atoms with Crippen molar-refractivity contribution >= 4 is 10.0 Å². The van der Waals surface area contributed by atoms with E-state index in [1.165, 1.54) is 0 Å². The zero-order chi connectivity index (χ0) is 14.9. The summed E-state index contributed by atoms with van der Waals surface area (Å²) in [5.41, 5.74) is 0. The van der Waals surface area contributed by atoms with Crippen LogP contribution in [0.25, 0.3) is 0 Å². The third-order valence-electron chi connectivity index (χ3n) is 1.98. The van der Waals surface area contributed by atoms with Crippen LogP contribution >= 0.6 is 0 Å². The van der Waals surface area contributed by atoms with Gasteiger partial charge in [-0.05, 0) is 13.0 Å². The third kappa shape index (κ3) is 13.8. The Morgan fingerprint density at radius 3 is 2.37 bits per heavy atom. The van der Waals surface area contributed by atoms with Crippen LogP contribution in [0.2, 0.25) is 0 Å². The van der Waals surface area contributed by atoms with E-state index in [1.54, 1.807) is 0 Å². The van der Waals surface area contributed by atoms with E-state index in [0.29, 0.717) is 13.0 Å². The van der Waals surface area contributed by atoms with Crippen LogP contribution in [0.4, 0.5) is 13.2 Å². The Bertz CT molecular complexity index is 331. The summed E-state index contributed by atoms with van der Waals surface area (Å²) in [6.07, 6.45) is -3.95. The molecule has 0 aliphatic heterocycles. The number of sulfonamides is 1. The second-order valence-electron chi connectivity index (χ2n) is 4.34. The van der Waals surface area contributed by atoms with Crippen LogP contribution in [0.1, 0.15) is 20.3 Å². The Kier molecular flexibility index (Phi) is 8.55. The summed E-state index contributed by atoms with van der Waals surface area (Å²) in [5, 5.41) is 3.07. The minimum atomic E-state index is -4.39. The van der Waals surface area contributed by atoms with Crippen LogP contribution in [-0.4, -0.2) is 52.7 Å². The van der Waals surface area contributed by atoms with Crippen molar-refractivity contribution in [3.8, 4) is 0 Å². The number of nitrogens with one attached hydrogen (secondary N) is 2. The molecule has 0 fully saturated rings. The molecule has 0 amide bonds. The highest BCUT2D eigenvalue weighted by atomic mass is 32.2. The van der Waals surface area contributed by atoms with Crippen molar-refractivity contribution < 1.29 is 26.3 Å². The molecule has 0 bridgehead atoms. The molecule has 9 heteroatoms. The van der Waals surface area contributed by atoms with Crippen molar-refractivity contribution in [3.63, 3.8) is 0 Å². The van der Waals surface area contributed by atoms with E-state index >= 15 is 0 Å². The highest BCUT2D eigenvalue weighted by molar-refractivity contribution is 7.89. The van der Waals surface area contributed by atoms with E-state index in [-0.39, 0.29) is 24.9 Å². The molecule has 116 valence electrons. The molecule has 0 aliphatic carbocycles. The van der Waals surface area contributed by atoms with Crippen LogP contribution in [0.3, 0.4) is 0 Å². The SMILES string of the molecule is CC(C)NCCCS(=O)(=O)NCCOCC(F)(F)F. The van der Waals surface area contributed by atoms with E-state index in [1.807, 2.05) is 13.8 Å². The second kappa shape index (κ2) is 8.72. The number of hydrogen-bond donors (Lipinski definition) is 2. The average molecular weight is 306 g/mol. The molecule has 0 saturated carbocycles. The zero-order valence-electron chi connectivity index (χ0n) is 11.1. The Morgan fingerprint density at radius 1 is 1.21 bits per heavy atom. The Balaban J connectivity index is 3.63. The summed E-state index contributed by atoms with van der Waals surface area (Å²) < 4.78 is 64.5. The maximum atomic E-state index is 11.7. The molecule has 0 saturated heterocycles. The van der Waals surface area contributed by atoms with Gasteiger partial charge in [-0.2, -0.15) is 13.2 Å². The molecule has 0 atom stereocenters. The van der Waals surface area contributed by atoms with Crippen molar-refractivity contribution in [1.82, 2.24) is 10.0 Å². The standard InChI is InChI=1S/C10H21F3N2O3S/c1-9(2)14-4-3-7-19(16,17)15-5-6-18-8-10(11,12)13/h9,14-15H,3-8H2,1-2H3. The van der Waals surface area contributed by atoms with Gasteiger partial charge in [0.05, 0.1) is 12.4 Å². The average Bonchev–Trinajstić information content (AvgIpc) is 2.22. The fourth-order valence-corrected chi connectivity index (χ4v) is 2.25. The van der Waals surface area contributed by atoms with Crippen molar-refractivity contribution in [3.05, 3.63) is 0 Å². The number of rotatable bonds is 10. The first-order chi connectivity index (χ1) is 8.62. The van der Waals surface area contributed by atoms with E-state index in [2.05, 4.69) is 14.8 Å². The number of ether oxygens (including phenoxy) is 1. The summed E-state index contributed by atoms with van der Waals surface area (Å²) in [7, 11) is -3.45. The summed E-state index contributed by atoms with van der Waals surface area (Å²) in [6.45, 7) is 2.64. The predicted octanol–water partition coefficient (Wildman–Crippen LogP) is 0.873. The smallest absolute Gasteiger partial charge is 0.371 e. The molecule has 0 spiro atoms. The maximum Gasteiger partial charge on any atom is 0.411 e. The molecule has 0 aromatic heterocycles. The quantitative estimate of drug-likeness (QED) is 0.588. The van der Waals surface area contributed by atoms with Gasteiger partial charge in [0, 0.05) is 12.6 Å². The maximum absolute atomic E-state index is 11.7. The summed E-state index contributed by atoms with van der Waals surface area (Å²) in [5.74, 6) is -0.0635. The molecule has 0 rings (SSSR count). The molecule has 0 aromatic carbocycles. The molecular weight excluding hydrogens is 285 g/mol. The molecule has 0 aromatic rings.